The minimum Gasteiger partial charge on any atom is -0.455 e. The van der Waals surface area contributed by atoms with Crippen molar-refractivity contribution in [2.45, 2.75) is 33.2 Å². The van der Waals surface area contributed by atoms with E-state index in [1.807, 2.05) is 0 Å². The van der Waals surface area contributed by atoms with Gasteiger partial charge in [0.15, 0.2) is 0 Å². The molecule has 0 aliphatic carbocycles. The van der Waals surface area contributed by atoms with Crippen molar-refractivity contribution in [2.75, 3.05) is 6.54 Å². The summed E-state index contributed by atoms with van der Waals surface area (Å²) in [5, 5.41) is 2.40. The number of hydrogen-bond acceptors (Lipinski definition) is 7. The molecule has 1 N–H and O–H groups in total. The average Bonchev–Trinajstić information content (AvgIpc) is 2.21. The van der Waals surface area contributed by atoms with Crippen LogP contribution in [0.5, 0.6) is 0 Å². The molecule has 108 valence electrons. The minimum absolute atomic E-state index is 0.0482. The first-order chi connectivity index (χ1) is 8.81. The Morgan fingerprint density at radius 1 is 1.00 bits per heavy atom. The van der Waals surface area contributed by atoms with E-state index < -0.39 is 26.7 Å². The number of carbonyl (C=O) groups is 4. The molecule has 0 aromatic rings. The van der Waals surface area contributed by atoms with Crippen molar-refractivity contribution in [3.8, 4) is 0 Å². The van der Waals surface area contributed by atoms with E-state index in [1.165, 1.54) is 0 Å². The van der Waals surface area contributed by atoms with Crippen molar-refractivity contribution in [1.29, 1.82) is 0 Å². The summed E-state index contributed by atoms with van der Waals surface area (Å²) in [5.74, 6) is -2.13. The molecule has 0 spiro atoms. The third kappa shape index (κ3) is 7.92. The van der Waals surface area contributed by atoms with E-state index in [9.17, 15) is 19.2 Å². The Labute approximate surface area is 111 Å². The van der Waals surface area contributed by atoms with Crippen LogP contribution >= 0.6 is 0 Å². The Kier molecular flexibility index (Phi) is 7.42. The molecular formula is C10H17NO7Si. The SMILES string of the molecule is CC(=O)O[Si](CCCNC=O)(OC(C)=O)OC(C)=O. The molecule has 19 heavy (non-hydrogen) atoms. The monoisotopic (exact) mass is 291 g/mol. The number of nitrogens with one attached hydrogen (secondary N) is 1. The molecule has 0 heterocycles. The van der Waals surface area contributed by atoms with E-state index in [0.29, 0.717) is 12.8 Å². The fourth-order valence-corrected chi connectivity index (χ4v) is 3.69. The predicted molar refractivity (Wildman–Crippen MR) is 64.5 cm³/mol. The van der Waals surface area contributed by atoms with Gasteiger partial charge in [-0.1, -0.05) is 0 Å². The van der Waals surface area contributed by atoms with Gasteiger partial charge < -0.3 is 18.6 Å². The van der Waals surface area contributed by atoms with Crippen LogP contribution in [0, 0.1) is 0 Å². The Morgan fingerprint density at radius 2 is 1.42 bits per heavy atom. The lowest BCUT2D eigenvalue weighted by Crippen LogP contribution is -2.49. The molecule has 8 nitrogen and oxygen atoms in total. The molecule has 0 saturated carbocycles. The third-order valence-electron chi connectivity index (χ3n) is 1.79. The molecule has 0 bridgehead atoms. The molecule has 0 aromatic carbocycles. The molecule has 0 saturated heterocycles. The number of rotatable bonds is 8. The van der Waals surface area contributed by atoms with E-state index >= 15 is 0 Å². The molecule has 0 aliphatic rings. The van der Waals surface area contributed by atoms with Crippen LogP contribution in [-0.4, -0.2) is 39.7 Å². The van der Waals surface area contributed by atoms with Gasteiger partial charge in [0.1, 0.15) is 0 Å². The van der Waals surface area contributed by atoms with Gasteiger partial charge in [-0.25, -0.2) is 0 Å². The van der Waals surface area contributed by atoms with Gasteiger partial charge in [0.05, 0.1) is 6.04 Å². The molecule has 0 fully saturated rings. The lowest BCUT2D eigenvalue weighted by atomic mass is 10.5. The van der Waals surface area contributed by atoms with Gasteiger partial charge in [0.25, 0.3) is 17.9 Å². The Balaban J connectivity index is 4.87. The normalized spacial score (nSPS) is 10.3. The first-order valence-corrected chi connectivity index (χ1v) is 7.50. The van der Waals surface area contributed by atoms with Crippen LogP contribution in [0.25, 0.3) is 0 Å². The van der Waals surface area contributed by atoms with Crippen LogP contribution in [0.4, 0.5) is 0 Å². The lowest BCUT2D eigenvalue weighted by molar-refractivity contribution is -0.147. The van der Waals surface area contributed by atoms with Crippen LogP contribution in [0.1, 0.15) is 27.2 Å². The summed E-state index contributed by atoms with van der Waals surface area (Å²) in [4.78, 5) is 43.3. The van der Waals surface area contributed by atoms with Gasteiger partial charge in [-0.15, -0.1) is 0 Å². The van der Waals surface area contributed by atoms with Gasteiger partial charge >= 0.3 is 8.80 Å². The van der Waals surface area contributed by atoms with E-state index in [4.69, 9.17) is 13.3 Å². The molecular weight excluding hydrogens is 274 g/mol. The van der Waals surface area contributed by atoms with Crippen molar-refractivity contribution < 1.29 is 32.5 Å². The Morgan fingerprint density at radius 3 is 1.74 bits per heavy atom. The number of amides is 1. The smallest absolute Gasteiger partial charge is 0.455 e. The van der Waals surface area contributed by atoms with Crippen molar-refractivity contribution in [3.05, 3.63) is 0 Å². The fourth-order valence-electron chi connectivity index (χ4n) is 1.34. The van der Waals surface area contributed by atoms with Crippen LogP contribution in [0.15, 0.2) is 0 Å². The van der Waals surface area contributed by atoms with Crippen molar-refractivity contribution >= 4 is 33.1 Å². The largest absolute Gasteiger partial charge is 0.705 e. The summed E-state index contributed by atoms with van der Waals surface area (Å²) in [7, 11) is -3.74. The second-order valence-corrected chi connectivity index (χ2v) is 6.12. The topological polar surface area (TPSA) is 108 Å². The summed E-state index contributed by atoms with van der Waals surface area (Å²) in [5.41, 5.74) is 0. The van der Waals surface area contributed by atoms with Crippen molar-refractivity contribution in [1.82, 2.24) is 5.32 Å². The van der Waals surface area contributed by atoms with Crippen LogP contribution in [0.2, 0.25) is 6.04 Å². The van der Waals surface area contributed by atoms with Crippen LogP contribution in [0.3, 0.4) is 0 Å². The lowest BCUT2D eigenvalue weighted by Gasteiger charge is -2.26. The maximum Gasteiger partial charge on any atom is 0.705 e. The zero-order valence-corrected chi connectivity index (χ0v) is 12.1. The Hall–Kier alpha value is -1.90. The summed E-state index contributed by atoms with van der Waals surface area (Å²) in [6, 6.07) is 0.0482. The molecule has 0 radical (unpaired) electrons. The van der Waals surface area contributed by atoms with Gasteiger partial charge in [0, 0.05) is 27.3 Å². The molecule has 0 aromatic heterocycles. The minimum atomic E-state index is -3.74. The molecule has 0 atom stereocenters. The van der Waals surface area contributed by atoms with E-state index in [1.54, 1.807) is 0 Å². The highest BCUT2D eigenvalue weighted by Gasteiger charge is 2.51. The van der Waals surface area contributed by atoms with Crippen molar-refractivity contribution in [3.63, 3.8) is 0 Å². The highest BCUT2D eigenvalue weighted by atomic mass is 28.4. The zero-order chi connectivity index (χ0) is 14.9. The maximum atomic E-state index is 11.1. The average molecular weight is 291 g/mol. The van der Waals surface area contributed by atoms with Gasteiger partial charge in [-0.3, -0.25) is 19.2 Å². The van der Waals surface area contributed by atoms with Crippen LogP contribution in [-0.2, 0) is 32.5 Å². The first kappa shape index (κ1) is 17.1. The summed E-state index contributed by atoms with van der Waals surface area (Å²) in [6.45, 7) is 3.65. The molecule has 0 rings (SSSR count). The predicted octanol–water partition coefficient (Wildman–Crippen LogP) is -0.249. The molecule has 9 heteroatoms. The third-order valence-corrected chi connectivity index (χ3v) is 4.55. The Bertz CT molecular complexity index is 317. The van der Waals surface area contributed by atoms with Gasteiger partial charge in [0.2, 0.25) is 6.41 Å². The molecule has 0 unspecified atom stereocenters. The first-order valence-electron chi connectivity index (χ1n) is 5.57. The van der Waals surface area contributed by atoms with E-state index in [2.05, 4.69) is 5.32 Å². The number of hydrogen-bond donors (Lipinski definition) is 1. The highest BCUT2D eigenvalue weighted by Crippen LogP contribution is 2.19. The number of carbonyl (C=O) groups excluding carboxylic acids is 4. The second kappa shape index (κ2) is 8.24. The standard InChI is InChI=1S/C10H17NO7Si/c1-8(13)16-19(17-9(2)14,18-10(3)15)6-4-5-11-7-12/h7H,4-6H2,1-3H3,(H,11,12). The summed E-state index contributed by atoms with van der Waals surface area (Å²) < 4.78 is 14.8. The summed E-state index contributed by atoms with van der Waals surface area (Å²) in [6.07, 6.45) is 0.839. The van der Waals surface area contributed by atoms with E-state index in [-0.39, 0.29) is 12.6 Å². The fraction of sp³-hybridized carbons (Fsp3) is 0.600. The molecule has 0 aliphatic heterocycles. The summed E-state index contributed by atoms with van der Waals surface area (Å²) >= 11 is 0. The second-order valence-electron chi connectivity index (χ2n) is 3.64. The van der Waals surface area contributed by atoms with Gasteiger partial charge in [-0.05, 0) is 6.42 Å². The highest BCUT2D eigenvalue weighted by molar-refractivity contribution is 6.65. The molecule has 1 amide bonds. The van der Waals surface area contributed by atoms with Crippen LogP contribution < -0.4 is 5.32 Å². The van der Waals surface area contributed by atoms with Gasteiger partial charge in [-0.2, -0.15) is 0 Å². The maximum absolute atomic E-state index is 11.1. The van der Waals surface area contributed by atoms with Crippen molar-refractivity contribution in [2.24, 2.45) is 0 Å². The van der Waals surface area contributed by atoms with E-state index in [0.717, 1.165) is 20.8 Å². The zero-order valence-electron chi connectivity index (χ0n) is 11.1. The quantitative estimate of drug-likeness (QED) is 0.373.